The van der Waals surface area contributed by atoms with Crippen LogP contribution in [0, 0.1) is 17.5 Å². The number of benzene rings is 1. The molecular formula is C19H12F3N3O5. The van der Waals surface area contributed by atoms with Crippen molar-refractivity contribution in [3.8, 4) is 5.69 Å². The monoisotopic (exact) mass is 419 g/mol. The number of carboxylic acid groups (broad SMARTS) is 1. The summed E-state index contributed by atoms with van der Waals surface area (Å²) in [6.07, 6.45) is -0.395. The molecule has 1 amide bonds. The molecule has 3 aromatic rings. The molecule has 4 rings (SSSR count). The zero-order valence-corrected chi connectivity index (χ0v) is 15.0. The number of aromatic carboxylic acids is 1. The minimum Gasteiger partial charge on any atom is -0.477 e. The van der Waals surface area contributed by atoms with Gasteiger partial charge >= 0.3 is 5.97 Å². The maximum Gasteiger partial charge on any atom is 0.341 e. The minimum atomic E-state index is -1.64. The Morgan fingerprint density at radius 1 is 1.13 bits per heavy atom. The summed E-state index contributed by atoms with van der Waals surface area (Å²) in [7, 11) is 0. The van der Waals surface area contributed by atoms with Crippen LogP contribution in [0.5, 0.6) is 0 Å². The molecule has 0 radical (unpaired) electrons. The SMILES string of the molecule is O=C(O)c1cn(-c2c(F)cc(F)cc2F)c2nc(N3CC(O)CC3=O)ccc2c1=O. The lowest BCUT2D eigenvalue weighted by atomic mass is 10.1. The van der Waals surface area contributed by atoms with Crippen LogP contribution in [-0.4, -0.2) is 44.3 Å². The summed E-state index contributed by atoms with van der Waals surface area (Å²) >= 11 is 0. The number of aliphatic hydroxyl groups excluding tert-OH is 1. The van der Waals surface area contributed by atoms with Crippen molar-refractivity contribution in [1.82, 2.24) is 9.55 Å². The Balaban J connectivity index is 2.06. The number of amides is 1. The summed E-state index contributed by atoms with van der Waals surface area (Å²) in [5.41, 5.74) is -2.93. The second kappa shape index (κ2) is 6.95. The van der Waals surface area contributed by atoms with E-state index in [0.29, 0.717) is 22.9 Å². The maximum absolute atomic E-state index is 14.4. The number of hydrogen-bond donors (Lipinski definition) is 2. The Morgan fingerprint density at radius 2 is 1.80 bits per heavy atom. The Hall–Kier alpha value is -3.73. The van der Waals surface area contributed by atoms with E-state index in [9.17, 15) is 37.8 Å². The first-order chi connectivity index (χ1) is 14.2. The van der Waals surface area contributed by atoms with Crippen molar-refractivity contribution >= 4 is 28.7 Å². The van der Waals surface area contributed by atoms with Crippen LogP contribution >= 0.6 is 0 Å². The van der Waals surface area contributed by atoms with Crippen LogP contribution in [-0.2, 0) is 4.79 Å². The number of hydrogen-bond acceptors (Lipinski definition) is 5. The molecule has 8 nitrogen and oxygen atoms in total. The number of carbonyl (C=O) groups excluding carboxylic acids is 1. The minimum absolute atomic E-state index is 0.0109. The Kier molecular flexibility index (Phi) is 4.54. The predicted octanol–water partition coefficient (Wildman–Crippen LogP) is 1.60. The van der Waals surface area contributed by atoms with Gasteiger partial charge in [0.05, 0.1) is 24.5 Å². The average molecular weight is 419 g/mol. The first-order valence-corrected chi connectivity index (χ1v) is 8.60. The Labute approximate surface area is 165 Å². The van der Waals surface area contributed by atoms with Gasteiger partial charge in [-0.25, -0.2) is 22.9 Å². The molecular weight excluding hydrogens is 407 g/mol. The van der Waals surface area contributed by atoms with Gasteiger partial charge in [0.1, 0.15) is 22.9 Å². The number of carboxylic acids is 1. The zero-order valence-electron chi connectivity index (χ0n) is 15.0. The smallest absolute Gasteiger partial charge is 0.341 e. The lowest BCUT2D eigenvalue weighted by molar-refractivity contribution is -0.117. The van der Waals surface area contributed by atoms with Crippen molar-refractivity contribution in [2.75, 3.05) is 11.4 Å². The van der Waals surface area contributed by atoms with E-state index in [1.165, 1.54) is 12.1 Å². The molecule has 0 saturated carbocycles. The summed E-state index contributed by atoms with van der Waals surface area (Å²) in [6.45, 7) is -0.0753. The first kappa shape index (κ1) is 19.6. The molecule has 1 aliphatic rings. The van der Waals surface area contributed by atoms with Crippen molar-refractivity contribution in [3.05, 3.63) is 63.7 Å². The van der Waals surface area contributed by atoms with Gasteiger partial charge in [0.2, 0.25) is 11.3 Å². The third-order valence-corrected chi connectivity index (χ3v) is 4.67. The highest BCUT2D eigenvalue weighted by Crippen LogP contribution is 2.26. The third kappa shape index (κ3) is 3.08. The number of pyridine rings is 2. The van der Waals surface area contributed by atoms with Gasteiger partial charge in [0.15, 0.2) is 17.3 Å². The number of β-amino-alcohol motifs (C(OH)–C–C–N with tert-alkyl or cyclic N) is 1. The van der Waals surface area contributed by atoms with E-state index in [-0.39, 0.29) is 29.8 Å². The molecule has 1 unspecified atom stereocenters. The highest BCUT2D eigenvalue weighted by Gasteiger charge is 2.30. The summed E-state index contributed by atoms with van der Waals surface area (Å²) in [4.78, 5) is 41.3. The molecule has 1 atom stereocenters. The fraction of sp³-hybridized carbons (Fsp3) is 0.158. The largest absolute Gasteiger partial charge is 0.477 e. The van der Waals surface area contributed by atoms with Crippen molar-refractivity contribution in [1.29, 1.82) is 0 Å². The van der Waals surface area contributed by atoms with Crippen molar-refractivity contribution in [2.24, 2.45) is 0 Å². The molecule has 2 N–H and O–H groups in total. The lowest BCUT2D eigenvalue weighted by Crippen LogP contribution is -2.27. The molecule has 1 aromatic carbocycles. The molecule has 0 spiro atoms. The summed E-state index contributed by atoms with van der Waals surface area (Å²) < 4.78 is 42.9. The normalized spacial score (nSPS) is 16.5. The van der Waals surface area contributed by atoms with E-state index in [4.69, 9.17) is 0 Å². The van der Waals surface area contributed by atoms with Gasteiger partial charge in [-0.15, -0.1) is 0 Å². The van der Waals surface area contributed by atoms with Gasteiger partial charge in [-0.3, -0.25) is 19.1 Å². The molecule has 1 aliphatic heterocycles. The zero-order chi connectivity index (χ0) is 21.7. The fourth-order valence-corrected chi connectivity index (χ4v) is 3.34. The average Bonchev–Trinajstić information content (AvgIpc) is 3.00. The predicted molar refractivity (Wildman–Crippen MR) is 97.2 cm³/mol. The van der Waals surface area contributed by atoms with Crippen LogP contribution in [0.15, 0.2) is 35.3 Å². The highest BCUT2D eigenvalue weighted by atomic mass is 19.1. The summed E-state index contributed by atoms with van der Waals surface area (Å²) in [6, 6.07) is 3.22. The van der Waals surface area contributed by atoms with Crippen LogP contribution in [0.4, 0.5) is 19.0 Å². The highest BCUT2D eigenvalue weighted by molar-refractivity contribution is 5.97. The van der Waals surface area contributed by atoms with E-state index >= 15 is 0 Å². The maximum atomic E-state index is 14.4. The van der Waals surface area contributed by atoms with E-state index in [0.717, 1.165) is 4.90 Å². The Morgan fingerprint density at radius 3 is 2.37 bits per heavy atom. The molecule has 1 saturated heterocycles. The number of aliphatic hydroxyl groups is 1. The molecule has 0 aliphatic carbocycles. The summed E-state index contributed by atoms with van der Waals surface area (Å²) in [5, 5.41) is 18.7. The van der Waals surface area contributed by atoms with Gasteiger partial charge in [-0.05, 0) is 12.1 Å². The van der Waals surface area contributed by atoms with Crippen molar-refractivity contribution < 1.29 is 33.0 Å². The summed E-state index contributed by atoms with van der Waals surface area (Å²) in [5.74, 6) is -6.00. The van der Waals surface area contributed by atoms with Gasteiger partial charge in [0, 0.05) is 18.3 Å². The van der Waals surface area contributed by atoms with E-state index in [1.807, 2.05) is 0 Å². The van der Waals surface area contributed by atoms with Crippen LogP contribution in [0.3, 0.4) is 0 Å². The molecule has 3 heterocycles. The lowest BCUT2D eigenvalue weighted by Gasteiger charge is -2.18. The number of halogens is 3. The van der Waals surface area contributed by atoms with Crippen LogP contribution < -0.4 is 10.3 Å². The van der Waals surface area contributed by atoms with E-state index in [1.54, 1.807) is 0 Å². The van der Waals surface area contributed by atoms with Crippen molar-refractivity contribution in [3.63, 3.8) is 0 Å². The second-order valence-corrected chi connectivity index (χ2v) is 6.67. The number of fused-ring (bicyclic) bond motifs is 1. The van der Waals surface area contributed by atoms with E-state index in [2.05, 4.69) is 4.98 Å². The number of carbonyl (C=O) groups is 2. The first-order valence-electron chi connectivity index (χ1n) is 8.60. The Bertz CT molecular complexity index is 1270. The standard InChI is InChI=1S/C19H12F3N3O5/c20-8-3-12(21)16(13(22)4-8)25-7-11(19(29)30)17(28)10-1-2-14(23-18(10)25)24-6-9(26)5-15(24)27/h1-4,7,9,26H,5-6H2,(H,29,30). The van der Waals surface area contributed by atoms with Crippen LogP contribution in [0.25, 0.3) is 16.7 Å². The third-order valence-electron chi connectivity index (χ3n) is 4.67. The molecule has 1 fully saturated rings. The molecule has 0 bridgehead atoms. The van der Waals surface area contributed by atoms with Gasteiger partial charge in [-0.1, -0.05) is 0 Å². The molecule has 11 heteroatoms. The van der Waals surface area contributed by atoms with Crippen molar-refractivity contribution in [2.45, 2.75) is 12.5 Å². The second-order valence-electron chi connectivity index (χ2n) is 6.67. The van der Waals surface area contributed by atoms with E-state index < -0.39 is 52.1 Å². The molecule has 154 valence electrons. The molecule has 30 heavy (non-hydrogen) atoms. The number of aromatic nitrogens is 2. The topological polar surface area (TPSA) is 113 Å². The van der Waals surface area contributed by atoms with Gasteiger partial charge in [0.25, 0.3) is 0 Å². The fourth-order valence-electron chi connectivity index (χ4n) is 3.34. The number of rotatable bonds is 3. The van der Waals surface area contributed by atoms with Gasteiger partial charge in [-0.2, -0.15) is 0 Å². The number of nitrogens with zero attached hydrogens (tertiary/aromatic N) is 3. The van der Waals surface area contributed by atoms with Crippen LogP contribution in [0.1, 0.15) is 16.8 Å². The van der Waals surface area contributed by atoms with Gasteiger partial charge < -0.3 is 10.2 Å². The molecule has 2 aromatic heterocycles. The van der Waals surface area contributed by atoms with Crippen LogP contribution in [0.2, 0.25) is 0 Å². The quantitative estimate of drug-likeness (QED) is 0.667. The number of anilines is 1.